The summed E-state index contributed by atoms with van der Waals surface area (Å²) in [5, 5.41) is 42.9. The van der Waals surface area contributed by atoms with Crippen molar-refractivity contribution in [3.05, 3.63) is 57.1 Å². The number of imidazole rings is 1. The number of hydrogen-bond donors (Lipinski definition) is 5. The van der Waals surface area contributed by atoms with Gasteiger partial charge in [0.15, 0.2) is 0 Å². The fourth-order valence-electron chi connectivity index (χ4n) is 5.20. The van der Waals surface area contributed by atoms with Crippen LogP contribution in [0.1, 0.15) is 56.7 Å². The van der Waals surface area contributed by atoms with Crippen molar-refractivity contribution in [2.45, 2.75) is 63.4 Å². The van der Waals surface area contributed by atoms with Crippen molar-refractivity contribution in [1.29, 1.82) is 0 Å². The van der Waals surface area contributed by atoms with Gasteiger partial charge in [-0.3, -0.25) is 4.57 Å². The Bertz CT molecular complexity index is 1650. The number of pyridine rings is 2. The molecule has 0 atom stereocenters. The first-order valence-corrected chi connectivity index (χ1v) is 12.5. The maximum Gasteiger partial charge on any atom is 0.418 e. The van der Waals surface area contributed by atoms with Crippen molar-refractivity contribution in [3.8, 4) is 0 Å². The second-order valence-electron chi connectivity index (χ2n) is 10.2. The lowest BCUT2D eigenvalue weighted by Crippen LogP contribution is -2.41. The Balaban J connectivity index is 1.70. The third kappa shape index (κ3) is 4.96. The van der Waals surface area contributed by atoms with Crippen LogP contribution in [0.25, 0.3) is 21.9 Å². The van der Waals surface area contributed by atoms with Gasteiger partial charge >= 0.3 is 18.0 Å². The summed E-state index contributed by atoms with van der Waals surface area (Å²) in [6.45, 7) is 2.83. The van der Waals surface area contributed by atoms with E-state index in [1.54, 1.807) is 0 Å². The van der Waals surface area contributed by atoms with Crippen LogP contribution in [0.5, 0.6) is 0 Å². The SMILES string of the molecule is CC(C)(O)c1cc(Nc2cc3c(cn2)n(C(O)(O)O)c(=O)n3C2CCCC2)nc2c(C(F)(F)F)cc(Cl)cc12. The third-order valence-electron chi connectivity index (χ3n) is 6.85. The van der Waals surface area contributed by atoms with Gasteiger partial charge in [-0.05, 0) is 50.5 Å². The van der Waals surface area contributed by atoms with E-state index in [9.17, 15) is 38.4 Å². The van der Waals surface area contributed by atoms with Gasteiger partial charge in [0.1, 0.15) is 11.6 Å². The first-order valence-electron chi connectivity index (χ1n) is 12.1. The molecule has 3 aromatic heterocycles. The summed E-state index contributed by atoms with van der Waals surface area (Å²) in [7, 11) is 0. The highest BCUT2D eigenvalue weighted by Gasteiger charge is 2.36. The number of anilines is 2. The largest absolute Gasteiger partial charge is 0.418 e. The quantitative estimate of drug-likeness (QED) is 0.227. The third-order valence-corrected chi connectivity index (χ3v) is 7.07. The highest BCUT2D eigenvalue weighted by Crippen LogP contribution is 2.40. The zero-order chi connectivity index (χ0) is 28.5. The predicted octanol–water partition coefficient (Wildman–Crippen LogP) is 4.05. The molecule has 1 aromatic carbocycles. The van der Waals surface area contributed by atoms with E-state index in [1.165, 1.54) is 36.6 Å². The monoisotopic (exact) mass is 567 g/mol. The number of alkyl halides is 3. The van der Waals surface area contributed by atoms with E-state index in [1.807, 2.05) is 0 Å². The molecular weight excluding hydrogens is 543 g/mol. The van der Waals surface area contributed by atoms with E-state index in [2.05, 4.69) is 15.3 Å². The number of fused-ring (bicyclic) bond motifs is 2. The molecule has 4 aromatic rings. The lowest BCUT2D eigenvalue weighted by Gasteiger charge is -2.23. The average Bonchev–Trinajstić information content (AvgIpc) is 3.41. The van der Waals surface area contributed by atoms with Gasteiger partial charge in [0.2, 0.25) is 0 Å². The Labute approximate surface area is 223 Å². The van der Waals surface area contributed by atoms with Crippen LogP contribution in [-0.2, 0) is 17.9 Å². The molecule has 0 bridgehead atoms. The summed E-state index contributed by atoms with van der Waals surface area (Å²) in [5.74, 6) is -0.00352. The van der Waals surface area contributed by atoms with Crippen molar-refractivity contribution in [1.82, 2.24) is 19.1 Å². The summed E-state index contributed by atoms with van der Waals surface area (Å²) in [6.07, 6.45) is -4.11. The van der Waals surface area contributed by atoms with E-state index >= 15 is 0 Å². The second-order valence-corrected chi connectivity index (χ2v) is 10.6. The number of aliphatic hydroxyl groups is 4. The minimum Gasteiger partial charge on any atom is -0.386 e. The van der Waals surface area contributed by atoms with Crippen molar-refractivity contribution >= 4 is 45.2 Å². The minimum absolute atomic E-state index is 0.0219. The number of rotatable bonds is 5. The van der Waals surface area contributed by atoms with Crippen LogP contribution in [-0.4, -0.2) is 39.5 Å². The number of benzene rings is 1. The topological polar surface area (TPSA) is 146 Å². The molecule has 0 unspecified atom stereocenters. The summed E-state index contributed by atoms with van der Waals surface area (Å²) >= 11 is 5.97. The van der Waals surface area contributed by atoms with E-state index in [-0.39, 0.29) is 44.7 Å². The molecule has 1 aliphatic carbocycles. The van der Waals surface area contributed by atoms with E-state index < -0.39 is 34.6 Å². The number of nitrogens with one attached hydrogen (secondary N) is 1. The lowest BCUT2D eigenvalue weighted by molar-refractivity contribution is -0.374. The van der Waals surface area contributed by atoms with Crippen molar-refractivity contribution < 1.29 is 33.6 Å². The molecule has 0 spiro atoms. The molecule has 5 rings (SSSR count). The molecule has 10 nitrogen and oxygen atoms in total. The van der Waals surface area contributed by atoms with Gasteiger partial charge in [0.25, 0.3) is 0 Å². The number of aromatic nitrogens is 4. The van der Waals surface area contributed by atoms with Crippen molar-refractivity contribution in [2.75, 3.05) is 5.32 Å². The molecule has 208 valence electrons. The molecule has 39 heavy (non-hydrogen) atoms. The normalized spacial score (nSPS) is 15.5. The Morgan fingerprint density at radius 2 is 1.64 bits per heavy atom. The van der Waals surface area contributed by atoms with Gasteiger partial charge in [-0.25, -0.2) is 19.3 Å². The average molecular weight is 568 g/mol. The molecular formula is C25H25ClF3N5O5. The predicted molar refractivity (Wildman–Crippen MR) is 136 cm³/mol. The number of halogens is 4. The summed E-state index contributed by atoms with van der Waals surface area (Å²) < 4.78 is 43.4. The molecule has 0 amide bonds. The number of hydrogen-bond acceptors (Lipinski definition) is 8. The summed E-state index contributed by atoms with van der Waals surface area (Å²) in [5.41, 5.74) is -3.67. The molecule has 1 fully saturated rings. The molecule has 0 aliphatic heterocycles. The van der Waals surface area contributed by atoms with E-state index in [0.29, 0.717) is 17.4 Å². The van der Waals surface area contributed by atoms with Gasteiger partial charge in [-0.2, -0.15) is 13.2 Å². The van der Waals surface area contributed by atoms with Crippen LogP contribution >= 0.6 is 11.6 Å². The Morgan fingerprint density at radius 1 is 0.974 bits per heavy atom. The molecule has 14 heteroatoms. The van der Waals surface area contributed by atoms with Crippen LogP contribution in [0.2, 0.25) is 5.02 Å². The molecule has 0 radical (unpaired) electrons. The van der Waals surface area contributed by atoms with Gasteiger partial charge < -0.3 is 25.7 Å². The van der Waals surface area contributed by atoms with Crippen molar-refractivity contribution in [2.24, 2.45) is 0 Å². The second kappa shape index (κ2) is 9.17. The molecule has 5 N–H and O–H groups in total. The van der Waals surface area contributed by atoms with Crippen LogP contribution in [0.4, 0.5) is 24.8 Å². The van der Waals surface area contributed by atoms with Crippen LogP contribution in [0.15, 0.2) is 35.3 Å². The highest BCUT2D eigenvalue weighted by atomic mass is 35.5. The zero-order valence-corrected chi connectivity index (χ0v) is 21.5. The molecule has 3 heterocycles. The van der Waals surface area contributed by atoms with E-state index in [4.69, 9.17) is 11.6 Å². The minimum atomic E-state index is -4.78. The zero-order valence-electron chi connectivity index (χ0n) is 20.8. The van der Waals surface area contributed by atoms with Gasteiger partial charge in [0.05, 0.1) is 33.9 Å². The standard InChI is InChI=1S/C25H25ClF3N5O5/c1-23(2,36)15-9-20(32-21-14(15)7-12(26)8-16(21)24(27,28)29)31-19-10-17-18(11-30-19)34(25(37,38)39)22(35)33(17)13-5-3-4-6-13/h7-11,13,36-39H,3-6H2,1-2H3,(H,30,31,32). The summed E-state index contributed by atoms with van der Waals surface area (Å²) in [6, 6.07) is 4.57. The van der Waals surface area contributed by atoms with E-state index in [0.717, 1.165) is 25.1 Å². The molecule has 1 aliphatic rings. The van der Waals surface area contributed by atoms with Crippen LogP contribution in [0, 0.1) is 0 Å². The fourth-order valence-corrected chi connectivity index (χ4v) is 5.42. The summed E-state index contributed by atoms with van der Waals surface area (Å²) in [4.78, 5) is 21.4. The fraction of sp³-hybridized carbons (Fsp3) is 0.400. The Kier molecular flexibility index (Phi) is 6.43. The van der Waals surface area contributed by atoms with Gasteiger partial charge in [0, 0.05) is 22.5 Å². The van der Waals surface area contributed by atoms with Gasteiger partial charge in [-0.1, -0.05) is 24.4 Å². The highest BCUT2D eigenvalue weighted by molar-refractivity contribution is 6.31. The van der Waals surface area contributed by atoms with Crippen molar-refractivity contribution in [3.63, 3.8) is 0 Å². The lowest BCUT2D eigenvalue weighted by atomic mass is 9.93. The maximum atomic E-state index is 13.9. The molecule has 1 saturated carbocycles. The maximum absolute atomic E-state index is 13.9. The molecule has 0 saturated heterocycles. The smallest absolute Gasteiger partial charge is 0.386 e. The van der Waals surface area contributed by atoms with Gasteiger partial charge in [-0.15, -0.1) is 0 Å². The number of nitrogens with zero attached hydrogens (tertiary/aromatic N) is 4. The van der Waals surface area contributed by atoms with Crippen LogP contribution < -0.4 is 11.0 Å². The Hall–Kier alpha value is -3.23. The van der Waals surface area contributed by atoms with Crippen LogP contribution in [0.3, 0.4) is 0 Å². The first kappa shape index (κ1) is 27.3. The Morgan fingerprint density at radius 3 is 2.23 bits per heavy atom. The first-order chi connectivity index (χ1) is 18.1.